The molecule has 5 nitrogen and oxygen atoms in total. The van der Waals surface area contributed by atoms with Gasteiger partial charge in [0.25, 0.3) is 0 Å². The molecule has 0 aromatic carbocycles. The third-order valence-electron chi connectivity index (χ3n) is 4.11. The Kier molecular flexibility index (Phi) is 3.11. The number of anilines is 1. The van der Waals surface area contributed by atoms with Crippen molar-refractivity contribution in [2.24, 2.45) is 0 Å². The Morgan fingerprint density at radius 2 is 2.38 bits per heavy atom. The van der Waals surface area contributed by atoms with Crippen molar-refractivity contribution in [3.8, 4) is 0 Å². The van der Waals surface area contributed by atoms with Gasteiger partial charge in [0.15, 0.2) is 0 Å². The molecule has 4 rings (SSSR count). The number of aromatic amines is 1. The average molecular weight is 299 g/mol. The molecule has 0 amide bonds. The summed E-state index contributed by atoms with van der Waals surface area (Å²) in [6.45, 7) is 3.22. The van der Waals surface area contributed by atoms with Crippen LogP contribution in [-0.2, 0) is 6.42 Å². The van der Waals surface area contributed by atoms with Gasteiger partial charge in [-0.2, -0.15) is 5.10 Å². The van der Waals surface area contributed by atoms with E-state index in [0.29, 0.717) is 6.04 Å². The number of rotatable bonds is 3. The molecule has 3 aromatic heterocycles. The summed E-state index contributed by atoms with van der Waals surface area (Å²) in [4.78, 5) is 13.9. The molecule has 1 N–H and O–H groups in total. The molecule has 0 saturated carbocycles. The van der Waals surface area contributed by atoms with E-state index in [1.807, 2.05) is 6.20 Å². The van der Waals surface area contributed by atoms with Crippen molar-refractivity contribution in [3.05, 3.63) is 35.2 Å². The predicted octanol–water partition coefficient (Wildman–Crippen LogP) is 3.32. The first-order valence-corrected chi connectivity index (χ1v) is 8.18. The fraction of sp³-hybridized carbons (Fsp3) is 0.400. The van der Waals surface area contributed by atoms with Crippen LogP contribution in [0.2, 0.25) is 0 Å². The number of nitrogens with one attached hydrogen (secondary N) is 1. The molecule has 1 aliphatic heterocycles. The van der Waals surface area contributed by atoms with E-state index in [0.717, 1.165) is 30.0 Å². The first kappa shape index (κ1) is 12.8. The number of hydrogen-bond acceptors (Lipinski definition) is 5. The summed E-state index contributed by atoms with van der Waals surface area (Å²) in [5.41, 5.74) is 1.17. The second-order valence-electron chi connectivity index (χ2n) is 5.35. The number of nitrogens with zero attached hydrogens (tertiary/aromatic N) is 4. The standard InChI is InChI=1S/C15H17N5S/c1-2-10-8-11-14(16-9-17-15(11)21-10)20-7-3-4-13(20)12-5-6-18-19-12/h5-6,8-9,13H,2-4,7H2,1H3,(H,18,19)/t13-/m1/s1. The van der Waals surface area contributed by atoms with Crippen molar-refractivity contribution < 1.29 is 0 Å². The van der Waals surface area contributed by atoms with Crippen molar-refractivity contribution in [3.63, 3.8) is 0 Å². The Labute approximate surface area is 127 Å². The summed E-state index contributed by atoms with van der Waals surface area (Å²) < 4.78 is 0. The smallest absolute Gasteiger partial charge is 0.141 e. The van der Waals surface area contributed by atoms with Crippen LogP contribution >= 0.6 is 11.3 Å². The average Bonchev–Trinajstić information content (AvgIpc) is 3.24. The largest absolute Gasteiger partial charge is 0.347 e. The molecule has 0 radical (unpaired) electrons. The zero-order valence-electron chi connectivity index (χ0n) is 11.9. The number of H-pyrrole nitrogens is 1. The molecule has 1 aliphatic rings. The van der Waals surface area contributed by atoms with Crippen LogP contribution in [0.25, 0.3) is 10.2 Å². The van der Waals surface area contributed by atoms with Crippen LogP contribution in [-0.4, -0.2) is 26.7 Å². The Morgan fingerprint density at radius 3 is 3.19 bits per heavy atom. The third-order valence-corrected chi connectivity index (χ3v) is 5.30. The van der Waals surface area contributed by atoms with Crippen LogP contribution in [0.15, 0.2) is 24.7 Å². The van der Waals surface area contributed by atoms with E-state index in [1.165, 1.54) is 22.4 Å². The molecule has 0 unspecified atom stereocenters. The molecule has 4 heterocycles. The molecular formula is C15H17N5S. The Hall–Kier alpha value is -1.95. The summed E-state index contributed by atoms with van der Waals surface area (Å²) >= 11 is 1.77. The van der Waals surface area contributed by atoms with E-state index in [-0.39, 0.29) is 0 Å². The zero-order chi connectivity index (χ0) is 14.2. The van der Waals surface area contributed by atoms with E-state index in [1.54, 1.807) is 17.7 Å². The molecule has 1 fully saturated rings. The van der Waals surface area contributed by atoms with E-state index in [2.05, 4.69) is 44.1 Å². The van der Waals surface area contributed by atoms with Gasteiger partial charge in [0.1, 0.15) is 17.0 Å². The number of hydrogen-bond donors (Lipinski definition) is 1. The molecule has 6 heteroatoms. The molecule has 1 atom stereocenters. The molecule has 0 bridgehead atoms. The van der Waals surface area contributed by atoms with Crippen LogP contribution in [0, 0.1) is 0 Å². The lowest BCUT2D eigenvalue weighted by molar-refractivity contribution is 0.685. The van der Waals surface area contributed by atoms with Gasteiger partial charge in [-0.25, -0.2) is 9.97 Å². The fourth-order valence-electron chi connectivity index (χ4n) is 3.09. The van der Waals surface area contributed by atoms with Crippen molar-refractivity contribution >= 4 is 27.4 Å². The predicted molar refractivity (Wildman–Crippen MR) is 84.7 cm³/mol. The number of fused-ring (bicyclic) bond motifs is 1. The van der Waals surface area contributed by atoms with Gasteiger partial charge in [0, 0.05) is 17.6 Å². The second-order valence-corrected chi connectivity index (χ2v) is 6.46. The lowest BCUT2D eigenvalue weighted by atomic mass is 10.1. The molecule has 0 aliphatic carbocycles. The van der Waals surface area contributed by atoms with Crippen LogP contribution in [0.4, 0.5) is 5.82 Å². The molecule has 0 spiro atoms. The van der Waals surface area contributed by atoms with Crippen molar-refractivity contribution in [2.75, 3.05) is 11.4 Å². The maximum absolute atomic E-state index is 4.58. The van der Waals surface area contributed by atoms with E-state index in [9.17, 15) is 0 Å². The zero-order valence-corrected chi connectivity index (χ0v) is 12.7. The minimum absolute atomic E-state index is 0.343. The molecule has 1 saturated heterocycles. The first-order chi connectivity index (χ1) is 10.4. The quantitative estimate of drug-likeness (QED) is 0.806. The highest BCUT2D eigenvalue weighted by Gasteiger charge is 2.29. The highest BCUT2D eigenvalue weighted by atomic mass is 32.1. The maximum Gasteiger partial charge on any atom is 0.141 e. The number of thiophene rings is 1. The summed E-state index contributed by atoms with van der Waals surface area (Å²) in [7, 11) is 0. The van der Waals surface area contributed by atoms with Crippen molar-refractivity contribution in [1.29, 1.82) is 0 Å². The molecule has 108 valence electrons. The van der Waals surface area contributed by atoms with Gasteiger partial charge in [0.2, 0.25) is 0 Å². The Balaban J connectivity index is 1.80. The first-order valence-electron chi connectivity index (χ1n) is 7.36. The van der Waals surface area contributed by atoms with Crippen molar-refractivity contribution in [1.82, 2.24) is 20.2 Å². The van der Waals surface area contributed by atoms with E-state index >= 15 is 0 Å². The lowest BCUT2D eigenvalue weighted by Gasteiger charge is -2.25. The monoisotopic (exact) mass is 299 g/mol. The second kappa shape index (κ2) is 5.11. The Bertz CT molecular complexity index is 749. The van der Waals surface area contributed by atoms with Gasteiger partial charge in [-0.05, 0) is 31.4 Å². The normalized spacial score (nSPS) is 18.7. The van der Waals surface area contributed by atoms with Gasteiger partial charge in [-0.3, -0.25) is 5.10 Å². The van der Waals surface area contributed by atoms with Crippen LogP contribution in [0.3, 0.4) is 0 Å². The summed E-state index contributed by atoms with van der Waals surface area (Å²) in [5, 5.41) is 8.39. The van der Waals surface area contributed by atoms with Crippen molar-refractivity contribution in [2.45, 2.75) is 32.2 Å². The summed E-state index contributed by atoms with van der Waals surface area (Å²) in [6, 6.07) is 4.65. The molecule has 3 aromatic rings. The van der Waals surface area contributed by atoms with Crippen LogP contribution in [0.5, 0.6) is 0 Å². The number of aryl methyl sites for hydroxylation is 1. The van der Waals surface area contributed by atoms with Crippen LogP contribution < -0.4 is 4.90 Å². The minimum atomic E-state index is 0.343. The van der Waals surface area contributed by atoms with E-state index < -0.39 is 0 Å². The van der Waals surface area contributed by atoms with Gasteiger partial charge < -0.3 is 4.90 Å². The lowest BCUT2D eigenvalue weighted by Crippen LogP contribution is -2.24. The maximum atomic E-state index is 4.58. The minimum Gasteiger partial charge on any atom is -0.347 e. The molecule has 21 heavy (non-hydrogen) atoms. The Morgan fingerprint density at radius 1 is 1.43 bits per heavy atom. The van der Waals surface area contributed by atoms with Gasteiger partial charge in [0.05, 0.1) is 17.1 Å². The highest BCUT2D eigenvalue weighted by molar-refractivity contribution is 7.18. The third kappa shape index (κ3) is 2.10. The van der Waals surface area contributed by atoms with Gasteiger partial charge in [-0.1, -0.05) is 6.92 Å². The fourth-order valence-corrected chi connectivity index (χ4v) is 4.02. The summed E-state index contributed by atoms with van der Waals surface area (Å²) in [5.74, 6) is 1.06. The summed E-state index contributed by atoms with van der Waals surface area (Å²) in [6.07, 6.45) is 6.87. The topological polar surface area (TPSA) is 57.7 Å². The molecular weight excluding hydrogens is 282 g/mol. The van der Waals surface area contributed by atoms with Crippen LogP contribution in [0.1, 0.15) is 36.4 Å². The highest BCUT2D eigenvalue weighted by Crippen LogP contribution is 2.38. The SMILES string of the molecule is CCc1cc2c(N3CCC[C@@H]3c3ccn[nH]3)ncnc2s1. The number of aromatic nitrogens is 4. The van der Waals surface area contributed by atoms with Gasteiger partial charge >= 0.3 is 0 Å². The van der Waals surface area contributed by atoms with E-state index in [4.69, 9.17) is 0 Å². The van der Waals surface area contributed by atoms with Gasteiger partial charge in [-0.15, -0.1) is 11.3 Å².